The van der Waals surface area contributed by atoms with Gasteiger partial charge in [0, 0.05) is 12.0 Å². The summed E-state index contributed by atoms with van der Waals surface area (Å²) in [6, 6.07) is 9.03. The first-order valence-electron chi connectivity index (χ1n) is 11.3. The molecule has 1 aliphatic heterocycles. The predicted octanol–water partition coefficient (Wildman–Crippen LogP) is 7.06. The minimum Gasteiger partial charge on any atom is -0.588 e. The molecule has 0 bridgehead atoms. The Morgan fingerprint density at radius 3 is 1.39 bits per heavy atom. The molecule has 1 aliphatic rings. The van der Waals surface area contributed by atoms with E-state index in [0.717, 1.165) is 17.9 Å². The molecule has 0 spiro atoms. The van der Waals surface area contributed by atoms with E-state index in [0.29, 0.717) is 0 Å². The largest absolute Gasteiger partial charge is 1.10 e. The lowest BCUT2D eigenvalue weighted by Gasteiger charge is -2.34. The van der Waals surface area contributed by atoms with E-state index in [4.69, 9.17) is 11.4 Å². The van der Waals surface area contributed by atoms with E-state index in [9.17, 15) is 0 Å². The van der Waals surface area contributed by atoms with Gasteiger partial charge >= 0.3 is 15.1 Å². The predicted molar refractivity (Wildman–Crippen MR) is 130 cm³/mol. The van der Waals surface area contributed by atoms with Crippen molar-refractivity contribution in [2.75, 3.05) is 0 Å². The zero-order valence-corrected chi connectivity index (χ0v) is 22.5. The third kappa shape index (κ3) is 5.67. The fourth-order valence-corrected chi connectivity index (χ4v) is 5.77. The topological polar surface area (TPSA) is 27.7 Å². The van der Waals surface area contributed by atoms with E-state index in [1.165, 1.54) is 33.4 Å². The van der Waals surface area contributed by atoms with Crippen LogP contribution in [-0.2, 0) is 21.0 Å². The molecule has 0 radical (unpaired) electrons. The van der Waals surface area contributed by atoms with Gasteiger partial charge in [0.1, 0.15) is 0 Å². The van der Waals surface area contributed by atoms with Gasteiger partial charge in [0.2, 0.25) is 0 Å². The maximum Gasteiger partial charge on any atom is 1.10 e. The third-order valence-electron chi connectivity index (χ3n) is 5.50. The molecule has 0 fully saturated rings. The highest BCUT2D eigenvalue weighted by atomic mass is 27.3. The number of aryl methyl sites for hydroxylation is 2. The lowest BCUT2D eigenvalue weighted by molar-refractivity contribution is 0.0724. The number of hydrogen-bond donors (Lipinski definition) is 0. The average Bonchev–Trinajstić information content (AvgIpc) is 2.54. The number of hydrogen-bond acceptors (Lipinski definition) is 3. The molecule has 2 aromatic carbocycles. The minimum atomic E-state index is -2.53. The molecule has 0 aromatic heterocycles. The molecule has 2 aromatic rings. The average molecular weight is 439 g/mol. The molecule has 0 aliphatic carbocycles. The second-order valence-electron chi connectivity index (χ2n) is 12.0. The molecule has 3 nitrogen and oxygen atoms in total. The molecule has 1 heterocycles. The maximum atomic E-state index is 6.67. The van der Waals surface area contributed by atoms with E-state index < -0.39 is 15.1 Å². The summed E-state index contributed by atoms with van der Waals surface area (Å²) in [6.45, 7) is 24.0. The molecular weight excluding hydrogens is 399 g/mol. The van der Waals surface area contributed by atoms with E-state index in [-0.39, 0.29) is 16.4 Å². The van der Waals surface area contributed by atoms with Crippen LogP contribution in [0.3, 0.4) is 0 Å². The smallest absolute Gasteiger partial charge is 0.588 e. The molecular formula is C27H39AlO3. The van der Waals surface area contributed by atoms with Crippen molar-refractivity contribution in [2.45, 2.75) is 99.0 Å². The van der Waals surface area contributed by atoms with Crippen molar-refractivity contribution in [3.63, 3.8) is 0 Å². The van der Waals surface area contributed by atoms with E-state index in [2.05, 4.69) is 100 Å². The highest BCUT2D eigenvalue weighted by molar-refractivity contribution is 6.39. The summed E-state index contributed by atoms with van der Waals surface area (Å²) >= 11 is -2.53. The van der Waals surface area contributed by atoms with Gasteiger partial charge in [-0.2, -0.15) is 0 Å². The summed E-state index contributed by atoms with van der Waals surface area (Å²) in [7, 11) is 0. The Labute approximate surface area is 194 Å². The maximum absolute atomic E-state index is 6.67. The minimum absolute atomic E-state index is 0.0397. The monoisotopic (exact) mass is 438 g/mol. The molecule has 168 valence electrons. The first kappa shape index (κ1) is 24.2. The lowest BCUT2D eigenvalue weighted by atomic mass is 9.81. The zero-order valence-electron chi connectivity index (χ0n) is 21.3. The second-order valence-corrected chi connectivity index (χ2v) is 13.3. The number of rotatable bonds is 1. The van der Waals surface area contributed by atoms with E-state index in [1.54, 1.807) is 0 Å². The van der Waals surface area contributed by atoms with Crippen LogP contribution in [0.15, 0.2) is 24.3 Å². The first-order chi connectivity index (χ1) is 14.0. The zero-order chi connectivity index (χ0) is 23.4. The molecule has 0 unspecified atom stereocenters. The summed E-state index contributed by atoms with van der Waals surface area (Å²) in [5.74, 6) is 1.90. The molecule has 0 saturated heterocycles. The fourth-order valence-electron chi connectivity index (χ4n) is 4.11. The van der Waals surface area contributed by atoms with Gasteiger partial charge in [-0.25, -0.2) is 0 Å². The van der Waals surface area contributed by atoms with Crippen LogP contribution in [0.25, 0.3) is 0 Å². The van der Waals surface area contributed by atoms with Crippen molar-refractivity contribution in [3.05, 3.63) is 57.6 Å². The van der Waals surface area contributed by atoms with Gasteiger partial charge in [-0.15, -0.1) is 0 Å². The van der Waals surface area contributed by atoms with Crippen molar-refractivity contribution in [3.8, 4) is 11.5 Å². The van der Waals surface area contributed by atoms with Crippen LogP contribution in [0.1, 0.15) is 95.7 Å². The SMILES string of the molecule is Cc1cc2c(c(C(C)(C)C)c1)[O][Al]([O]C(C)(C)C)[O]c1c(cc(C)cc1C(C)(C)C)C2. The number of fused-ring (bicyclic) bond motifs is 2. The third-order valence-corrected chi connectivity index (χ3v) is 7.25. The van der Waals surface area contributed by atoms with Crippen molar-refractivity contribution < 1.29 is 11.4 Å². The Bertz CT molecular complexity index is 900. The van der Waals surface area contributed by atoms with Crippen LogP contribution in [-0.4, -0.2) is 20.8 Å². The van der Waals surface area contributed by atoms with Crippen molar-refractivity contribution in [2.24, 2.45) is 0 Å². The Morgan fingerprint density at radius 1 is 0.677 bits per heavy atom. The van der Waals surface area contributed by atoms with Crippen LogP contribution >= 0.6 is 0 Å². The van der Waals surface area contributed by atoms with Crippen LogP contribution < -0.4 is 7.58 Å². The van der Waals surface area contributed by atoms with E-state index in [1.807, 2.05) is 0 Å². The fraction of sp³-hybridized carbons (Fsp3) is 0.556. The summed E-state index contributed by atoms with van der Waals surface area (Å²) < 4.78 is 19.8. The second kappa shape index (κ2) is 8.14. The summed E-state index contributed by atoms with van der Waals surface area (Å²) in [6.07, 6.45) is 0.789. The van der Waals surface area contributed by atoms with E-state index >= 15 is 0 Å². The molecule has 0 atom stereocenters. The van der Waals surface area contributed by atoms with Gasteiger partial charge in [0.05, 0.1) is 11.5 Å². The Balaban J connectivity index is 2.29. The summed E-state index contributed by atoms with van der Waals surface area (Å²) in [4.78, 5) is 0. The first-order valence-corrected chi connectivity index (χ1v) is 12.8. The van der Waals surface area contributed by atoms with Gasteiger partial charge in [0.15, 0.2) is 0 Å². The highest BCUT2D eigenvalue weighted by Crippen LogP contribution is 2.42. The van der Waals surface area contributed by atoms with Gasteiger partial charge in [-0.3, -0.25) is 0 Å². The van der Waals surface area contributed by atoms with Crippen LogP contribution in [0.2, 0.25) is 0 Å². The molecule has 3 rings (SSSR count). The molecule has 0 amide bonds. The standard InChI is InChI=1S/C23H32O2.C4H9O.Al/c1-14-9-16(20(24)18(11-14)22(3,4)5)13-17-10-15(2)12-19(21(17)25)23(6,7)8;1-4(2,3)5;/h9-12,24-25H,13H2,1-8H3;1-3H3;/q;-1;+3/p-2. The van der Waals surface area contributed by atoms with Gasteiger partial charge in [-0.1, -0.05) is 76.9 Å². The van der Waals surface area contributed by atoms with Crippen LogP contribution in [0.5, 0.6) is 11.5 Å². The Kier molecular flexibility index (Phi) is 6.35. The molecule has 4 heteroatoms. The van der Waals surface area contributed by atoms with Gasteiger partial charge < -0.3 is 11.4 Å². The summed E-state index contributed by atoms with van der Waals surface area (Å²) in [5.41, 5.74) is 6.95. The van der Waals surface area contributed by atoms with Gasteiger partial charge in [0.25, 0.3) is 0 Å². The van der Waals surface area contributed by atoms with Crippen LogP contribution in [0, 0.1) is 13.8 Å². The highest BCUT2D eigenvalue weighted by Gasteiger charge is 2.47. The normalized spacial score (nSPS) is 14.7. The Hall–Kier alpha value is -1.47. The van der Waals surface area contributed by atoms with Crippen molar-refractivity contribution in [1.29, 1.82) is 0 Å². The van der Waals surface area contributed by atoms with Crippen LogP contribution in [0.4, 0.5) is 0 Å². The summed E-state index contributed by atoms with van der Waals surface area (Å²) in [5, 5.41) is 0. The van der Waals surface area contributed by atoms with Crippen molar-refractivity contribution >= 4 is 15.1 Å². The molecule has 0 saturated carbocycles. The molecule has 31 heavy (non-hydrogen) atoms. The lowest BCUT2D eigenvalue weighted by Crippen LogP contribution is -2.42. The number of benzene rings is 2. The van der Waals surface area contributed by atoms with Gasteiger partial charge in [-0.05, 0) is 67.7 Å². The quantitative estimate of drug-likeness (QED) is 0.446. The molecule has 0 N–H and O–H groups in total. The Morgan fingerprint density at radius 2 is 1.06 bits per heavy atom. The van der Waals surface area contributed by atoms with Crippen molar-refractivity contribution in [1.82, 2.24) is 0 Å².